The van der Waals surface area contributed by atoms with Gasteiger partial charge in [0.25, 0.3) is 0 Å². The molecule has 1 aromatic heterocycles. The molecule has 2 heterocycles. The second-order valence-electron chi connectivity index (χ2n) is 7.10. The van der Waals surface area contributed by atoms with Crippen LogP contribution in [0, 0.1) is 5.82 Å². The van der Waals surface area contributed by atoms with Crippen molar-refractivity contribution < 1.29 is 4.39 Å². The summed E-state index contributed by atoms with van der Waals surface area (Å²) in [7, 11) is 0. The molecule has 0 spiro atoms. The lowest BCUT2D eigenvalue weighted by atomic mass is 10.2. The van der Waals surface area contributed by atoms with E-state index in [1.54, 1.807) is 12.5 Å². The first kappa shape index (κ1) is 18.5. The van der Waals surface area contributed by atoms with Crippen molar-refractivity contribution in [2.45, 2.75) is 6.42 Å². The first-order valence-corrected chi connectivity index (χ1v) is 9.83. The summed E-state index contributed by atoms with van der Waals surface area (Å²) in [6.45, 7) is 6.15. The molecule has 1 fully saturated rings. The van der Waals surface area contributed by atoms with Gasteiger partial charge in [-0.05, 0) is 61.5 Å². The van der Waals surface area contributed by atoms with E-state index >= 15 is 0 Å². The standard InChI is InChI=1S/C22H26FN5/c23-19-2-6-21(7-3-19)27-16-14-26(15-17-27)12-1-10-25-20-4-8-22(9-5-20)28-13-11-24-18-28/h2-9,11,13,18,25H,1,10,12,14-17H2. The van der Waals surface area contributed by atoms with Gasteiger partial charge in [-0.3, -0.25) is 4.90 Å². The molecule has 4 rings (SSSR count). The summed E-state index contributed by atoms with van der Waals surface area (Å²) in [5.74, 6) is -0.175. The molecule has 0 amide bonds. The maximum Gasteiger partial charge on any atom is 0.123 e. The Morgan fingerprint density at radius 3 is 2.29 bits per heavy atom. The number of halogens is 1. The van der Waals surface area contributed by atoms with Gasteiger partial charge in [0.05, 0.1) is 6.33 Å². The molecule has 1 N–H and O–H groups in total. The van der Waals surface area contributed by atoms with E-state index in [4.69, 9.17) is 0 Å². The third-order valence-corrected chi connectivity index (χ3v) is 5.21. The van der Waals surface area contributed by atoms with Gasteiger partial charge in [-0.1, -0.05) is 0 Å². The van der Waals surface area contributed by atoms with Crippen LogP contribution in [-0.4, -0.2) is 53.7 Å². The van der Waals surface area contributed by atoms with E-state index in [0.29, 0.717) is 0 Å². The van der Waals surface area contributed by atoms with Crippen LogP contribution in [0.1, 0.15) is 6.42 Å². The Labute approximate surface area is 165 Å². The summed E-state index contributed by atoms with van der Waals surface area (Å²) in [5.41, 5.74) is 3.37. The van der Waals surface area contributed by atoms with Crippen molar-refractivity contribution in [3.63, 3.8) is 0 Å². The van der Waals surface area contributed by atoms with Crippen LogP contribution in [-0.2, 0) is 0 Å². The Kier molecular flexibility index (Phi) is 5.87. The fourth-order valence-electron chi connectivity index (χ4n) is 3.58. The van der Waals surface area contributed by atoms with Crippen molar-refractivity contribution in [1.82, 2.24) is 14.5 Å². The fraction of sp³-hybridized carbons (Fsp3) is 0.318. The smallest absolute Gasteiger partial charge is 0.123 e. The van der Waals surface area contributed by atoms with E-state index in [1.165, 1.54) is 12.1 Å². The predicted octanol–water partition coefficient (Wildman–Crippen LogP) is 3.64. The molecule has 0 radical (unpaired) electrons. The number of imidazole rings is 1. The summed E-state index contributed by atoms with van der Waals surface area (Å²) in [5, 5.41) is 3.50. The molecule has 1 saturated heterocycles. The van der Waals surface area contributed by atoms with Crippen molar-refractivity contribution >= 4 is 11.4 Å². The lowest BCUT2D eigenvalue weighted by molar-refractivity contribution is 0.257. The minimum absolute atomic E-state index is 0.175. The average molecular weight is 379 g/mol. The maximum absolute atomic E-state index is 13.1. The Balaban J connectivity index is 1.16. The molecule has 3 aromatic rings. The molecular formula is C22H26FN5. The molecule has 0 unspecified atom stereocenters. The lowest BCUT2D eigenvalue weighted by Crippen LogP contribution is -2.46. The molecule has 6 heteroatoms. The number of nitrogens with one attached hydrogen (secondary N) is 1. The van der Waals surface area contributed by atoms with Crippen LogP contribution in [0.3, 0.4) is 0 Å². The van der Waals surface area contributed by atoms with E-state index in [-0.39, 0.29) is 5.82 Å². The number of aromatic nitrogens is 2. The predicted molar refractivity (Wildman–Crippen MR) is 112 cm³/mol. The Hall–Kier alpha value is -2.86. The van der Waals surface area contributed by atoms with Gasteiger partial charge in [-0.15, -0.1) is 0 Å². The summed E-state index contributed by atoms with van der Waals surface area (Å²) in [4.78, 5) is 8.91. The first-order chi connectivity index (χ1) is 13.8. The number of benzene rings is 2. The van der Waals surface area contributed by atoms with E-state index < -0.39 is 0 Å². The molecule has 0 atom stereocenters. The van der Waals surface area contributed by atoms with Gasteiger partial charge in [0, 0.05) is 62.2 Å². The zero-order chi connectivity index (χ0) is 19.2. The van der Waals surface area contributed by atoms with Crippen molar-refractivity contribution in [3.8, 4) is 5.69 Å². The number of hydrogen-bond donors (Lipinski definition) is 1. The van der Waals surface area contributed by atoms with Crippen molar-refractivity contribution in [3.05, 3.63) is 73.1 Å². The van der Waals surface area contributed by atoms with Crippen molar-refractivity contribution in [2.24, 2.45) is 0 Å². The first-order valence-electron chi connectivity index (χ1n) is 9.83. The lowest BCUT2D eigenvalue weighted by Gasteiger charge is -2.36. The molecule has 2 aromatic carbocycles. The highest BCUT2D eigenvalue weighted by Gasteiger charge is 2.16. The van der Waals surface area contributed by atoms with Gasteiger partial charge in [0.15, 0.2) is 0 Å². The van der Waals surface area contributed by atoms with E-state index in [2.05, 4.69) is 44.4 Å². The van der Waals surface area contributed by atoms with Crippen LogP contribution < -0.4 is 10.2 Å². The Bertz CT molecular complexity index is 838. The number of rotatable bonds is 7. The SMILES string of the molecule is Fc1ccc(N2CCN(CCCNc3ccc(-n4ccnc4)cc3)CC2)cc1. The van der Waals surface area contributed by atoms with Gasteiger partial charge in [0.1, 0.15) is 5.82 Å². The average Bonchev–Trinajstić information content (AvgIpc) is 3.28. The van der Waals surface area contributed by atoms with Crippen LogP contribution in [0.2, 0.25) is 0 Å². The molecule has 0 aliphatic carbocycles. The largest absolute Gasteiger partial charge is 0.385 e. The monoisotopic (exact) mass is 379 g/mol. The van der Waals surface area contributed by atoms with Crippen molar-refractivity contribution in [2.75, 3.05) is 49.5 Å². The topological polar surface area (TPSA) is 36.3 Å². The van der Waals surface area contributed by atoms with Gasteiger partial charge in [-0.25, -0.2) is 9.37 Å². The van der Waals surface area contributed by atoms with Crippen LogP contribution in [0.25, 0.3) is 5.69 Å². The number of piperazine rings is 1. The third kappa shape index (κ3) is 4.70. The molecule has 0 bridgehead atoms. The number of nitrogens with zero attached hydrogens (tertiary/aromatic N) is 4. The van der Waals surface area contributed by atoms with Crippen LogP contribution in [0.15, 0.2) is 67.3 Å². The van der Waals surface area contributed by atoms with Gasteiger partial charge in [-0.2, -0.15) is 0 Å². The molecular weight excluding hydrogens is 353 g/mol. The minimum Gasteiger partial charge on any atom is -0.385 e. The summed E-state index contributed by atoms with van der Waals surface area (Å²) in [6, 6.07) is 15.2. The maximum atomic E-state index is 13.1. The van der Waals surface area contributed by atoms with Crippen LogP contribution in [0.4, 0.5) is 15.8 Å². The zero-order valence-electron chi connectivity index (χ0n) is 16.0. The molecule has 0 saturated carbocycles. The van der Waals surface area contributed by atoms with Gasteiger partial charge < -0.3 is 14.8 Å². The quantitative estimate of drug-likeness (QED) is 0.636. The summed E-state index contributed by atoms with van der Waals surface area (Å²) < 4.78 is 15.1. The molecule has 146 valence electrons. The van der Waals surface area contributed by atoms with Gasteiger partial charge >= 0.3 is 0 Å². The molecule has 28 heavy (non-hydrogen) atoms. The molecule has 5 nitrogen and oxygen atoms in total. The second-order valence-corrected chi connectivity index (χ2v) is 7.10. The summed E-state index contributed by atoms with van der Waals surface area (Å²) in [6.07, 6.45) is 6.64. The summed E-state index contributed by atoms with van der Waals surface area (Å²) >= 11 is 0. The minimum atomic E-state index is -0.175. The molecule has 1 aliphatic rings. The fourth-order valence-corrected chi connectivity index (χ4v) is 3.58. The van der Waals surface area contributed by atoms with E-state index in [0.717, 1.165) is 62.8 Å². The molecule has 1 aliphatic heterocycles. The Morgan fingerprint density at radius 2 is 1.61 bits per heavy atom. The van der Waals surface area contributed by atoms with Crippen LogP contribution in [0.5, 0.6) is 0 Å². The highest BCUT2D eigenvalue weighted by Crippen LogP contribution is 2.17. The van der Waals surface area contributed by atoms with Crippen LogP contribution >= 0.6 is 0 Å². The van der Waals surface area contributed by atoms with E-state index in [1.807, 2.05) is 22.9 Å². The van der Waals surface area contributed by atoms with E-state index in [9.17, 15) is 4.39 Å². The number of hydrogen-bond acceptors (Lipinski definition) is 4. The highest BCUT2D eigenvalue weighted by molar-refractivity contribution is 5.49. The Morgan fingerprint density at radius 1 is 0.893 bits per heavy atom. The van der Waals surface area contributed by atoms with Gasteiger partial charge in [0.2, 0.25) is 0 Å². The zero-order valence-corrected chi connectivity index (χ0v) is 16.0. The second kappa shape index (κ2) is 8.89. The number of anilines is 2. The third-order valence-electron chi connectivity index (χ3n) is 5.21. The highest BCUT2D eigenvalue weighted by atomic mass is 19.1. The van der Waals surface area contributed by atoms with Crippen molar-refractivity contribution in [1.29, 1.82) is 0 Å². The normalized spacial score (nSPS) is 15.0.